The Balaban J connectivity index is 1.66. The molecule has 0 radical (unpaired) electrons. The molecule has 0 atom stereocenters. The van der Waals surface area contributed by atoms with Crippen molar-refractivity contribution >= 4 is 34.1 Å². The number of aromatic nitrogens is 1. The van der Waals surface area contributed by atoms with Crippen molar-refractivity contribution in [2.45, 2.75) is 0 Å². The smallest absolute Gasteiger partial charge is 0.221 e. The van der Waals surface area contributed by atoms with E-state index in [0.717, 1.165) is 30.4 Å². The number of rotatable bonds is 4. The van der Waals surface area contributed by atoms with Crippen molar-refractivity contribution in [3.8, 4) is 5.88 Å². The maximum absolute atomic E-state index is 6.05. The van der Waals surface area contributed by atoms with Gasteiger partial charge in [0, 0.05) is 47.7 Å². The highest BCUT2D eigenvalue weighted by molar-refractivity contribution is 7.99. The molecule has 5 heteroatoms. The predicted molar refractivity (Wildman–Crippen MR) is 86.0 cm³/mol. The molecule has 106 valence electrons. The first kappa shape index (κ1) is 14.0. The van der Waals surface area contributed by atoms with Gasteiger partial charge in [-0.15, -0.1) is 0 Å². The summed E-state index contributed by atoms with van der Waals surface area (Å²) in [5.74, 6) is 3.13. The molecule has 2 aromatic rings. The van der Waals surface area contributed by atoms with Gasteiger partial charge < -0.3 is 4.74 Å². The minimum Gasteiger partial charge on any atom is -0.476 e. The maximum atomic E-state index is 6.05. The Hall–Kier alpha value is -0.970. The van der Waals surface area contributed by atoms with Gasteiger partial charge in [0.05, 0.1) is 0 Å². The molecule has 1 aromatic heterocycles. The molecule has 1 aliphatic rings. The Bertz CT molecular complexity index is 587. The number of hydrogen-bond acceptors (Lipinski definition) is 4. The Morgan fingerprint density at radius 1 is 1.25 bits per heavy atom. The first-order chi connectivity index (χ1) is 9.83. The average Bonchev–Trinajstić information content (AvgIpc) is 2.49. The topological polar surface area (TPSA) is 25.4 Å². The van der Waals surface area contributed by atoms with E-state index in [-0.39, 0.29) is 0 Å². The van der Waals surface area contributed by atoms with E-state index in [1.54, 1.807) is 6.20 Å². The molecule has 2 heterocycles. The van der Waals surface area contributed by atoms with Crippen LogP contribution in [0.15, 0.2) is 30.5 Å². The number of pyridine rings is 1. The van der Waals surface area contributed by atoms with Crippen LogP contribution in [-0.2, 0) is 0 Å². The molecule has 0 amide bonds. The lowest BCUT2D eigenvalue weighted by molar-refractivity contribution is 0.219. The summed E-state index contributed by atoms with van der Waals surface area (Å²) in [6, 6.07) is 7.77. The molecule has 1 aromatic carbocycles. The van der Waals surface area contributed by atoms with Crippen LogP contribution in [-0.4, -0.2) is 47.6 Å². The largest absolute Gasteiger partial charge is 0.476 e. The Morgan fingerprint density at radius 2 is 2.10 bits per heavy atom. The molecule has 20 heavy (non-hydrogen) atoms. The van der Waals surface area contributed by atoms with Gasteiger partial charge in [0.2, 0.25) is 5.88 Å². The van der Waals surface area contributed by atoms with Gasteiger partial charge in [0.25, 0.3) is 0 Å². The summed E-state index contributed by atoms with van der Waals surface area (Å²) in [5, 5.41) is 2.80. The standard InChI is InChI=1S/C15H17ClN2OS/c16-13-2-1-12-3-4-17-15(14(12)11-13)19-8-5-18-6-9-20-10-7-18/h1-4,11H,5-10H2. The summed E-state index contributed by atoms with van der Waals surface area (Å²) < 4.78 is 5.86. The van der Waals surface area contributed by atoms with Gasteiger partial charge in [-0.3, -0.25) is 4.90 Å². The molecule has 3 nitrogen and oxygen atoms in total. The third-order valence-corrected chi connectivity index (χ3v) is 4.62. The summed E-state index contributed by atoms with van der Waals surface area (Å²) >= 11 is 8.08. The van der Waals surface area contributed by atoms with Crippen molar-refractivity contribution in [1.29, 1.82) is 0 Å². The van der Waals surface area contributed by atoms with E-state index in [1.807, 2.05) is 36.0 Å². The molecule has 3 rings (SSSR count). The molecule has 0 unspecified atom stereocenters. The van der Waals surface area contributed by atoms with Gasteiger partial charge in [0.1, 0.15) is 6.61 Å². The van der Waals surface area contributed by atoms with E-state index >= 15 is 0 Å². The predicted octanol–water partition coefficient (Wildman–Crippen LogP) is 3.32. The van der Waals surface area contributed by atoms with Crippen LogP contribution in [0.4, 0.5) is 0 Å². The van der Waals surface area contributed by atoms with Crippen LogP contribution in [0.1, 0.15) is 0 Å². The lowest BCUT2D eigenvalue weighted by Crippen LogP contribution is -2.35. The summed E-state index contributed by atoms with van der Waals surface area (Å²) in [5.41, 5.74) is 0. The lowest BCUT2D eigenvalue weighted by atomic mass is 10.2. The van der Waals surface area contributed by atoms with Crippen LogP contribution in [0, 0.1) is 0 Å². The van der Waals surface area contributed by atoms with Gasteiger partial charge in [-0.05, 0) is 23.6 Å². The van der Waals surface area contributed by atoms with Crippen LogP contribution in [0.5, 0.6) is 5.88 Å². The second kappa shape index (κ2) is 6.66. The fraction of sp³-hybridized carbons (Fsp3) is 0.400. The monoisotopic (exact) mass is 308 g/mol. The number of ether oxygens (including phenoxy) is 1. The molecule has 1 saturated heterocycles. The van der Waals surface area contributed by atoms with Crippen molar-refractivity contribution in [3.63, 3.8) is 0 Å². The lowest BCUT2D eigenvalue weighted by Gasteiger charge is -2.25. The minimum atomic E-state index is 0.670. The van der Waals surface area contributed by atoms with Gasteiger partial charge in [-0.2, -0.15) is 11.8 Å². The second-order valence-electron chi connectivity index (χ2n) is 4.78. The number of fused-ring (bicyclic) bond motifs is 1. The summed E-state index contributed by atoms with van der Waals surface area (Å²) in [7, 11) is 0. The van der Waals surface area contributed by atoms with E-state index in [0.29, 0.717) is 17.5 Å². The van der Waals surface area contributed by atoms with Gasteiger partial charge in [-0.1, -0.05) is 17.7 Å². The summed E-state index contributed by atoms with van der Waals surface area (Å²) in [4.78, 5) is 6.77. The number of benzene rings is 1. The Morgan fingerprint density at radius 3 is 2.95 bits per heavy atom. The molecule has 0 bridgehead atoms. The normalized spacial score (nSPS) is 16.4. The zero-order valence-corrected chi connectivity index (χ0v) is 12.8. The van der Waals surface area contributed by atoms with Crippen LogP contribution in [0.2, 0.25) is 5.02 Å². The van der Waals surface area contributed by atoms with Crippen molar-refractivity contribution in [3.05, 3.63) is 35.5 Å². The van der Waals surface area contributed by atoms with Crippen LogP contribution >= 0.6 is 23.4 Å². The highest BCUT2D eigenvalue weighted by atomic mass is 35.5. The van der Waals surface area contributed by atoms with Crippen LogP contribution in [0.3, 0.4) is 0 Å². The number of halogens is 1. The molecule has 0 spiro atoms. The second-order valence-corrected chi connectivity index (χ2v) is 6.45. The third-order valence-electron chi connectivity index (χ3n) is 3.44. The van der Waals surface area contributed by atoms with Crippen LogP contribution in [0.25, 0.3) is 10.8 Å². The van der Waals surface area contributed by atoms with Gasteiger partial charge in [0.15, 0.2) is 0 Å². The SMILES string of the molecule is Clc1ccc2ccnc(OCCN3CCSCC3)c2c1. The third kappa shape index (κ3) is 3.37. The fourth-order valence-electron chi connectivity index (χ4n) is 2.33. The molecule has 0 saturated carbocycles. The molecule has 1 aliphatic heterocycles. The van der Waals surface area contributed by atoms with E-state index in [9.17, 15) is 0 Å². The highest BCUT2D eigenvalue weighted by Gasteiger charge is 2.10. The average molecular weight is 309 g/mol. The van der Waals surface area contributed by atoms with Crippen molar-refractivity contribution < 1.29 is 4.74 Å². The number of thioether (sulfide) groups is 1. The zero-order valence-electron chi connectivity index (χ0n) is 11.2. The number of nitrogens with zero attached hydrogens (tertiary/aromatic N) is 2. The first-order valence-corrected chi connectivity index (χ1v) is 8.33. The molecule has 0 aliphatic carbocycles. The molecule has 0 N–H and O–H groups in total. The zero-order chi connectivity index (χ0) is 13.8. The molecule has 1 fully saturated rings. The Kier molecular flexibility index (Phi) is 4.65. The fourth-order valence-corrected chi connectivity index (χ4v) is 3.48. The van der Waals surface area contributed by atoms with Gasteiger partial charge in [-0.25, -0.2) is 4.98 Å². The highest BCUT2D eigenvalue weighted by Crippen LogP contribution is 2.26. The van der Waals surface area contributed by atoms with E-state index in [2.05, 4.69) is 9.88 Å². The maximum Gasteiger partial charge on any atom is 0.221 e. The van der Waals surface area contributed by atoms with E-state index in [4.69, 9.17) is 16.3 Å². The van der Waals surface area contributed by atoms with Gasteiger partial charge >= 0.3 is 0 Å². The van der Waals surface area contributed by atoms with E-state index < -0.39 is 0 Å². The Labute approximate surface area is 128 Å². The van der Waals surface area contributed by atoms with E-state index in [1.165, 1.54) is 11.5 Å². The number of hydrogen-bond donors (Lipinski definition) is 0. The summed E-state index contributed by atoms with van der Waals surface area (Å²) in [6.45, 7) is 3.94. The quantitative estimate of drug-likeness (QED) is 0.865. The summed E-state index contributed by atoms with van der Waals surface area (Å²) in [6.07, 6.45) is 1.78. The minimum absolute atomic E-state index is 0.670. The van der Waals surface area contributed by atoms with Crippen LogP contribution < -0.4 is 4.74 Å². The molecular weight excluding hydrogens is 292 g/mol. The first-order valence-electron chi connectivity index (χ1n) is 6.80. The van der Waals surface area contributed by atoms with Crippen molar-refractivity contribution in [1.82, 2.24) is 9.88 Å². The van der Waals surface area contributed by atoms with Crippen molar-refractivity contribution in [2.75, 3.05) is 37.7 Å². The van der Waals surface area contributed by atoms with Crippen molar-refractivity contribution in [2.24, 2.45) is 0 Å². The molecular formula is C15H17ClN2OS.